The predicted octanol–water partition coefficient (Wildman–Crippen LogP) is 6.73. The van der Waals surface area contributed by atoms with Gasteiger partial charge in [0.2, 0.25) is 0 Å². The van der Waals surface area contributed by atoms with Crippen LogP contribution in [0.2, 0.25) is 0 Å². The Bertz CT molecular complexity index is 2070. The average Bonchev–Trinajstić information content (AvgIpc) is 3.59. The van der Waals surface area contributed by atoms with Gasteiger partial charge in [0.1, 0.15) is 11.3 Å². The molecular formula is C31H18N4. The van der Waals surface area contributed by atoms with Gasteiger partial charge in [0.25, 0.3) is 0 Å². The summed E-state index contributed by atoms with van der Waals surface area (Å²) in [6.45, 7) is 0. The molecule has 2 aliphatic carbocycles. The van der Waals surface area contributed by atoms with Crippen molar-refractivity contribution in [2.75, 3.05) is 0 Å². The van der Waals surface area contributed by atoms with Crippen molar-refractivity contribution < 1.29 is 0 Å². The highest BCUT2D eigenvalue weighted by Gasteiger charge is 2.30. The summed E-state index contributed by atoms with van der Waals surface area (Å²) < 4.78 is 2.20. The number of benzene rings is 3. The van der Waals surface area contributed by atoms with E-state index in [1.165, 1.54) is 55.3 Å². The fraction of sp³-hybridized carbons (Fsp3) is 0.0645. The van der Waals surface area contributed by atoms with Crippen molar-refractivity contribution in [3.05, 3.63) is 107 Å². The lowest BCUT2D eigenvalue weighted by molar-refractivity contribution is 1.17. The van der Waals surface area contributed by atoms with Crippen LogP contribution < -0.4 is 0 Å². The largest absolute Gasteiger partial charge is 0.274 e. The fourth-order valence-electron chi connectivity index (χ4n) is 6.55. The minimum Gasteiger partial charge on any atom is -0.274 e. The second-order valence-corrected chi connectivity index (χ2v) is 9.63. The first-order valence-corrected chi connectivity index (χ1v) is 12.1. The van der Waals surface area contributed by atoms with Gasteiger partial charge in [-0.2, -0.15) is 0 Å². The molecule has 0 aliphatic heterocycles. The molecule has 0 saturated carbocycles. The Balaban J connectivity index is 1.41. The van der Waals surface area contributed by atoms with Crippen LogP contribution in [0.25, 0.3) is 60.9 Å². The summed E-state index contributed by atoms with van der Waals surface area (Å²) >= 11 is 0. The minimum absolute atomic E-state index is 0.761. The number of aromatic nitrogens is 4. The second kappa shape index (κ2) is 6.10. The van der Waals surface area contributed by atoms with Gasteiger partial charge in [-0.3, -0.25) is 4.40 Å². The van der Waals surface area contributed by atoms with Crippen LogP contribution in [0.3, 0.4) is 0 Å². The monoisotopic (exact) mass is 446 g/mol. The highest BCUT2D eigenvalue weighted by atomic mass is 15.1. The molecule has 0 N–H and O–H groups in total. The van der Waals surface area contributed by atoms with E-state index in [0.717, 1.165) is 40.7 Å². The lowest BCUT2D eigenvalue weighted by atomic mass is 9.96. The molecule has 9 rings (SSSR count). The van der Waals surface area contributed by atoms with Gasteiger partial charge in [0, 0.05) is 23.2 Å². The summed E-state index contributed by atoms with van der Waals surface area (Å²) in [4.78, 5) is 14.4. The maximum absolute atomic E-state index is 5.05. The normalized spacial score (nSPS) is 13.5. The maximum Gasteiger partial charge on any atom is 0.178 e. The Morgan fingerprint density at radius 3 is 2.31 bits per heavy atom. The number of rotatable bonds is 0. The van der Waals surface area contributed by atoms with Crippen LogP contribution in [0.15, 0.2) is 85.2 Å². The number of imidazole rings is 1. The summed E-state index contributed by atoms with van der Waals surface area (Å²) in [7, 11) is 0. The molecule has 0 fully saturated rings. The SMILES string of the molecule is c1ccc2c(c1)Cc1c-2ccc2c1Cc1c-2ccc2c3cccnc3n3c4cccnc4nc3c12. The fourth-order valence-corrected chi connectivity index (χ4v) is 6.55. The lowest BCUT2D eigenvalue weighted by Gasteiger charge is -2.11. The zero-order valence-electron chi connectivity index (χ0n) is 18.8. The van der Waals surface area contributed by atoms with Gasteiger partial charge in [-0.05, 0) is 87.0 Å². The molecular weight excluding hydrogens is 428 g/mol. The third-order valence-electron chi connectivity index (χ3n) is 8.01. The van der Waals surface area contributed by atoms with Crippen LogP contribution in [0.5, 0.6) is 0 Å². The van der Waals surface area contributed by atoms with E-state index in [0.29, 0.717) is 0 Å². The first kappa shape index (κ1) is 17.8. The molecule has 0 bridgehead atoms. The van der Waals surface area contributed by atoms with Crippen molar-refractivity contribution >= 4 is 38.6 Å². The molecule has 0 atom stereocenters. The summed E-state index contributed by atoms with van der Waals surface area (Å²) in [5.74, 6) is 0. The number of pyridine rings is 3. The second-order valence-electron chi connectivity index (χ2n) is 9.63. The van der Waals surface area contributed by atoms with E-state index in [1.807, 2.05) is 24.5 Å². The third-order valence-corrected chi connectivity index (χ3v) is 8.01. The highest BCUT2D eigenvalue weighted by Crippen LogP contribution is 2.49. The van der Waals surface area contributed by atoms with E-state index in [9.17, 15) is 0 Å². The zero-order valence-corrected chi connectivity index (χ0v) is 18.8. The molecule has 4 heterocycles. The molecule has 0 saturated heterocycles. The summed E-state index contributed by atoms with van der Waals surface area (Å²) in [5, 5.41) is 3.58. The molecule has 7 aromatic rings. The molecule has 4 aromatic heterocycles. The van der Waals surface area contributed by atoms with E-state index >= 15 is 0 Å². The Kier molecular flexibility index (Phi) is 3.11. The predicted molar refractivity (Wildman–Crippen MR) is 140 cm³/mol. The Morgan fingerprint density at radius 2 is 1.34 bits per heavy atom. The first-order chi connectivity index (χ1) is 17.4. The van der Waals surface area contributed by atoms with Crippen molar-refractivity contribution in [1.82, 2.24) is 19.4 Å². The van der Waals surface area contributed by atoms with E-state index in [1.54, 1.807) is 0 Å². The summed E-state index contributed by atoms with van der Waals surface area (Å²) in [6, 6.07) is 26.3. The van der Waals surface area contributed by atoms with Gasteiger partial charge in [0.15, 0.2) is 5.65 Å². The summed E-state index contributed by atoms with van der Waals surface area (Å²) in [6.07, 6.45) is 5.62. The Morgan fingerprint density at radius 1 is 0.571 bits per heavy atom. The van der Waals surface area contributed by atoms with Crippen molar-refractivity contribution in [3.63, 3.8) is 0 Å². The zero-order chi connectivity index (χ0) is 22.7. The highest BCUT2D eigenvalue weighted by molar-refractivity contribution is 6.16. The first-order valence-electron chi connectivity index (χ1n) is 12.1. The van der Waals surface area contributed by atoms with Crippen LogP contribution in [-0.2, 0) is 12.8 Å². The molecule has 0 unspecified atom stereocenters. The van der Waals surface area contributed by atoms with Crippen molar-refractivity contribution in [1.29, 1.82) is 0 Å². The van der Waals surface area contributed by atoms with Crippen LogP contribution in [0.1, 0.15) is 22.3 Å². The van der Waals surface area contributed by atoms with Crippen molar-refractivity contribution in [2.45, 2.75) is 12.8 Å². The van der Waals surface area contributed by atoms with Gasteiger partial charge >= 0.3 is 0 Å². The van der Waals surface area contributed by atoms with Gasteiger partial charge in [-0.1, -0.05) is 48.5 Å². The number of hydrogen-bond donors (Lipinski definition) is 0. The van der Waals surface area contributed by atoms with E-state index in [4.69, 9.17) is 9.97 Å². The van der Waals surface area contributed by atoms with Gasteiger partial charge in [0.05, 0.1) is 5.52 Å². The Labute approximate surface area is 200 Å². The third kappa shape index (κ3) is 2.11. The molecule has 0 radical (unpaired) electrons. The molecule has 35 heavy (non-hydrogen) atoms. The van der Waals surface area contributed by atoms with Gasteiger partial charge in [-0.15, -0.1) is 0 Å². The van der Waals surface area contributed by atoms with Gasteiger partial charge in [-0.25, -0.2) is 15.0 Å². The standard InChI is InChI=1S/C31H18N4/c1-2-6-18-17(5-1)15-24-19(18)9-10-20-21-11-12-22-23-7-3-14-33-30(23)35-27-8-4-13-32-29(27)34-31(35)28(22)26(21)16-25(20)24/h1-14H,15-16H2. The van der Waals surface area contributed by atoms with Crippen LogP contribution in [0.4, 0.5) is 0 Å². The number of hydrogen-bond acceptors (Lipinski definition) is 3. The van der Waals surface area contributed by atoms with E-state index < -0.39 is 0 Å². The van der Waals surface area contributed by atoms with Crippen LogP contribution in [-0.4, -0.2) is 19.4 Å². The van der Waals surface area contributed by atoms with Crippen LogP contribution in [0, 0.1) is 0 Å². The minimum atomic E-state index is 0.761. The molecule has 3 aromatic carbocycles. The smallest absolute Gasteiger partial charge is 0.178 e. The molecule has 4 nitrogen and oxygen atoms in total. The lowest BCUT2D eigenvalue weighted by Crippen LogP contribution is -1.96. The number of fused-ring (bicyclic) bond motifs is 16. The Hall–Kier alpha value is -4.57. The molecule has 4 heteroatoms. The van der Waals surface area contributed by atoms with E-state index in [2.05, 4.69) is 70.0 Å². The quantitative estimate of drug-likeness (QED) is 0.243. The molecule has 0 amide bonds. The topological polar surface area (TPSA) is 43.1 Å². The van der Waals surface area contributed by atoms with Crippen LogP contribution >= 0.6 is 0 Å². The van der Waals surface area contributed by atoms with E-state index in [-0.39, 0.29) is 0 Å². The number of nitrogens with zero attached hydrogens (tertiary/aromatic N) is 4. The van der Waals surface area contributed by atoms with Gasteiger partial charge < -0.3 is 0 Å². The average molecular weight is 447 g/mol. The maximum atomic E-state index is 5.05. The van der Waals surface area contributed by atoms with Crippen molar-refractivity contribution in [3.8, 4) is 22.3 Å². The molecule has 162 valence electrons. The molecule has 0 spiro atoms. The molecule has 2 aliphatic rings. The summed E-state index contributed by atoms with van der Waals surface area (Å²) in [5.41, 5.74) is 14.9. The van der Waals surface area contributed by atoms with Crippen molar-refractivity contribution in [2.24, 2.45) is 0 Å².